The normalized spacial score (nSPS) is 16.9. The smallest absolute Gasteiger partial charge is 0.221 e. The minimum Gasteiger partial charge on any atom is -0.493 e. The van der Waals surface area contributed by atoms with Crippen LogP contribution in [0, 0.1) is 12.8 Å². The minimum atomic E-state index is 0. The minimum absolute atomic E-state index is 0. The van der Waals surface area contributed by atoms with Crippen molar-refractivity contribution in [3.8, 4) is 5.75 Å². The lowest BCUT2D eigenvalue weighted by Gasteiger charge is -2.15. The third-order valence-corrected chi connectivity index (χ3v) is 5.14. The van der Waals surface area contributed by atoms with Crippen molar-refractivity contribution >= 4 is 35.8 Å². The largest absolute Gasteiger partial charge is 0.493 e. The maximum absolute atomic E-state index is 12.0. The number of amides is 1. The average Bonchev–Trinajstić information content (AvgIpc) is 3.24. The molecule has 31 heavy (non-hydrogen) atoms. The van der Waals surface area contributed by atoms with E-state index in [0.29, 0.717) is 38.0 Å². The highest BCUT2D eigenvalue weighted by atomic mass is 127. The highest BCUT2D eigenvalue weighted by molar-refractivity contribution is 14.0. The van der Waals surface area contributed by atoms with E-state index in [4.69, 9.17) is 9.47 Å². The summed E-state index contributed by atoms with van der Waals surface area (Å²) >= 11 is 0. The lowest BCUT2D eigenvalue weighted by molar-refractivity contribution is -0.121. The number of nitrogens with one attached hydrogen (secondary N) is 3. The van der Waals surface area contributed by atoms with E-state index in [9.17, 15) is 4.79 Å². The van der Waals surface area contributed by atoms with Gasteiger partial charge in [0, 0.05) is 43.6 Å². The van der Waals surface area contributed by atoms with Gasteiger partial charge in [-0.1, -0.05) is 19.1 Å². The Morgan fingerprint density at radius 1 is 1.32 bits per heavy atom. The zero-order chi connectivity index (χ0) is 21.8. The van der Waals surface area contributed by atoms with Crippen molar-refractivity contribution < 1.29 is 14.3 Å². The van der Waals surface area contributed by atoms with E-state index < -0.39 is 0 Å². The molecule has 0 bridgehead atoms. The fourth-order valence-corrected chi connectivity index (χ4v) is 3.10. The number of benzene rings is 1. The molecular weight excluding hydrogens is 507 g/mol. The van der Waals surface area contributed by atoms with Gasteiger partial charge in [-0.05, 0) is 45.2 Å². The van der Waals surface area contributed by atoms with Crippen molar-refractivity contribution in [2.45, 2.75) is 59.5 Å². The Kier molecular flexibility index (Phi) is 13.6. The molecule has 1 heterocycles. The molecule has 1 aliphatic heterocycles. The second kappa shape index (κ2) is 15.3. The molecule has 0 aromatic heterocycles. The predicted octanol–water partition coefficient (Wildman–Crippen LogP) is 3.39. The van der Waals surface area contributed by atoms with E-state index in [-0.39, 0.29) is 35.9 Å². The summed E-state index contributed by atoms with van der Waals surface area (Å²) in [6.45, 7) is 12.2. The first-order valence-electron chi connectivity index (χ1n) is 11.1. The molecule has 0 saturated carbocycles. The molecule has 1 aromatic carbocycles. The van der Waals surface area contributed by atoms with Crippen LogP contribution in [-0.2, 0) is 16.1 Å². The van der Waals surface area contributed by atoms with Crippen molar-refractivity contribution in [3.05, 3.63) is 29.3 Å². The fraction of sp³-hybridized carbons (Fsp3) is 0.652. The van der Waals surface area contributed by atoms with E-state index >= 15 is 0 Å². The quantitative estimate of drug-likeness (QED) is 0.225. The topological polar surface area (TPSA) is 84.0 Å². The monoisotopic (exact) mass is 546 g/mol. The molecule has 1 aromatic rings. The number of hydrogen-bond acceptors (Lipinski definition) is 4. The fourth-order valence-electron chi connectivity index (χ4n) is 3.10. The number of halogens is 1. The average molecular weight is 546 g/mol. The number of nitrogens with zero attached hydrogens (tertiary/aromatic N) is 1. The molecule has 2 rings (SSSR count). The van der Waals surface area contributed by atoms with Crippen molar-refractivity contribution in [3.63, 3.8) is 0 Å². The molecule has 8 heteroatoms. The van der Waals surface area contributed by atoms with Crippen LogP contribution in [0.2, 0.25) is 0 Å². The number of carbonyl (C=O) groups excluding carboxylic acids is 1. The first-order chi connectivity index (χ1) is 14.5. The maximum atomic E-state index is 12.0. The molecular formula is C23H39IN4O3. The van der Waals surface area contributed by atoms with Crippen molar-refractivity contribution in [2.75, 3.05) is 32.9 Å². The second-order valence-corrected chi connectivity index (χ2v) is 7.90. The third-order valence-electron chi connectivity index (χ3n) is 5.14. The molecule has 1 amide bonds. The Balaban J connectivity index is 0.00000480. The zero-order valence-corrected chi connectivity index (χ0v) is 21.7. The molecule has 0 aliphatic carbocycles. The Morgan fingerprint density at radius 2 is 2.13 bits per heavy atom. The van der Waals surface area contributed by atoms with Crippen LogP contribution in [0.4, 0.5) is 0 Å². The van der Waals surface area contributed by atoms with Crippen LogP contribution in [0.15, 0.2) is 23.2 Å². The summed E-state index contributed by atoms with van der Waals surface area (Å²) in [5.41, 5.74) is 2.21. The molecule has 0 spiro atoms. The van der Waals surface area contributed by atoms with E-state index in [0.717, 1.165) is 49.5 Å². The lowest BCUT2D eigenvalue weighted by Crippen LogP contribution is -2.40. The van der Waals surface area contributed by atoms with Crippen LogP contribution in [0.1, 0.15) is 51.2 Å². The number of carbonyl (C=O) groups is 1. The molecule has 0 radical (unpaired) electrons. The number of rotatable bonds is 11. The first kappa shape index (κ1) is 27.5. The van der Waals surface area contributed by atoms with Gasteiger partial charge in [0.05, 0.1) is 19.8 Å². The van der Waals surface area contributed by atoms with Crippen molar-refractivity contribution in [1.82, 2.24) is 16.0 Å². The number of guanidine groups is 1. The standard InChI is InChI=1S/C23H38N4O3.HI/c1-5-18(4)27-22(28)9-11-25-23(24-6-2)26-14-20-8-7-17(3)13-21(20)30-16-19-10-12-29-15-19;/h7-8,13,18-19H,5-6,9-12,14-16H2,1-4H3,(H,27,28)(H2,24,25,26);1H. The number of aryl methyl sites for hydroxylation is 1. The predicted molar refractivity (Wildman–Crippen MR) is 136 cm³/mol. The van der Waals surface area contributed by atoms with Gasteiger partial charge in [0.1, 0.15) is 5.75 Å². The van der Waals surface area contributed by atoms with Crippen LogP contribution >= 0.6 is 24.0 Å². The summed E-state index contributed by atoms with van der Waals surface area (Å²) in [6.07, 6.45) is 2.40. The zero-order valence-electron chi connectivity index (χ0n) is 19.3. The van der Waals surface area contributed by atoms with E-state index in [2.05, 4.69) is 53.0 Å². The van der Waals surface area contributed by atoms with E-state index in [1.165, 1.54) is 0 Å². The van der Waals surface area contributed by atoms with Crippen molar-refractivity contribution in [2.24, 2.45) is 10.9 Å². The highest BCUT2D eigenvalue weighted by Gasteiger charge is 2.17. The van der Waals surface area contributed by atoms with Gasteiger partial charge in [0.15, 0.2) is 5.96 Å². The summed E-state index contributed by atoms with van der Waals surface area (Å²) in [5.74, 6) is 2.10. The number of aliphatic imine (C=N–C) groups is 1. The molecule has 176 valence electrons. The molecule has 2 atom stereocenters. The molecule has 2 unspecified atom stereocenters. The van der Waals surface area contributed by atoms with Crippen molar-refractivity contribution in [1.29, 1.82) is 0 Å². The van der Waals surface area contributed by atoms with Gasteiger partial charge in [0.2, 0.25) is 5.91 Å². The summed E-state index contributed by atoms with van der Waals surface area (Å²) in [7, 11) is 0. The Labute approximate surface area is 204 Å². The third kappa shape index (κ3) is 10.5. The lowest BCUT2D eigenvalue weighted by atomic mass is 10.1. The number of ether oxygens (including phenoxy) is 2. The Hall–Kier alpha value is -1.55. The summed E-state index contributed by atoms with van der Waals surface area (Å²) in [5, 5.41) is 9.46. The van der Waals surface area contributed by atoms with E-state index in [1.807, 2.05) is 13.8 Å². The van der Waals surface area contributed by atoms with Crippen LogP contribution in [-0.4, -0.2) is 50.8 Å². The first-order valence-corrected chi connectivity index (χ1v) is 11.1. The summed E-state index contributed by atoms with van der Waals surface area (Å²) in [4.78, 5) is 16.6. The van der Waals surface area contributed by atoms with Gasteiger partial charge in [0.25, 0.3) is 0 Å². The van der Waals surface area contributed by atoms with Gasteiger partial charge in [-0.3, -0.25) is 4.79 Å². The van der Waals surface area contributed by atoms with Crippen LogP contribution in [0.3, 0.4) is 0 Å². The SMILES string of the molecule is CCNC(=NCc1ccc(C)cc1OCC1CCOC1)NCCC(=O)NC(C)CC.I. The second-order valence-electron chi connectivity index (χ2n) is 7.90. The summed E-state index contributed by atoms with van der Waals surface area (Å²) < 4.78 is 11.6. The van der Waals surface area contributed by atoms with Gasteiger partial charge in [-0.15, -0.1) is 24.0 Å². The maximum Gasteiger partial charge on any atom is 0.221 e. The Bertz CT molecular complexity index is 693. The molecule has 1 aliphatic rings. The Morgan fingerprint density at radius 3 is 2.81 bits per heavy atom. The van der Waals surface area contributed by atoms with Crippen LogP contribution < -0.4 is 20.7 Å². The molecule has 1 saturated heterocycles. The number of hydrogen-bond donors (Lipinski definition) is 3. The molecule has 3 N–H and O–H groups in total. The van der Waals surface area contributed by atoms with Gasteiger partial charge in [-0.25, -0.2) is 4.99 Å². The van der Waals surface area contributed by atoms with Gasteiger partial charge in [-0.2, -0.15) is 0 Å². The van der Waals surface area contributed by atoms with E-state index in [1.54, 1.807) is 0 Å². The highest BCUT2D eigenvalue weighted by Crippen LogP contribution is 2.23. The van der Waals surface area contributed by atoms with Gasteiger partial charge < -0.3 is 25.4 Å². The van der Waals surface area contributed by atoms with Gasteiger partial charge >= 0.3 is 0 Å². The molecule has 7 nitrogen and oxygen atoms in total. The van der Waals surface area contributed by atoms with Crippen LogP contribution in [0.25, 0.3) is 0 Å². The summed E-state index contributed by atoms with van der Waals surface area (Å²) in [6, 6.07) is 6.42. The molecule has 1 fully saturated rings. The van der Waals surface area contributed by atoms with Crippen LogP contribution in [0.5, 0.6) is 5.75 Å².